The van der Waals surface area contributed by atoms with Gasteiger partial charge in [0.05, 0.1) is 33.4 Å². The lowest BCUT2D eigenvalue weighted by Gasteiger charge is -2.12. The van der Waals surface area contributed by atoms with Crippen molar-refractivity contribution >= 4 is 46.3 Å². The molecule has 2 heterocycles. The van der Waals surface area contributed by atoms with Crippen LogP contribution in [0.4, 0.5) is 0 Å². The van der Waals surface area contributed by atoms with Crippen molar-refractivity contribution in [2.45, 2.75) is 0 Å². The molecule has 44 heavy (non-hydrogen) atoms. The molecule has 216 valence electrons. The van der Waals surface area contributed by atoms with Crippen LogP contribution in [0, 0.1) is 0 Å². The summed E-state index contributed by atoms with van der Waals surface area (Å²) >= 11 is 0. The molecular weight excluding hydrogens is 564 g/mol. The van der Waals surface area contributed by atoms with Gasteiger partial charge in [0.1, 0.15) is 11.5 Å². The molecule has 0 aliphatic carbocycles. The molecule has 0 atom stereocenters. The van der Waals surface area contributed by atoms with Gasteiger partial charge in [-0.15, -0.1) is 13.2 Å². The van der Waals surface area contributed by atoms with Crippen LogP contribution >= 0.6 is 0 Å². The minimum Gasteiger partial charge on any atom is -0.422 e. The van der Waals surface area contributed by atoms with Gasteiger partial charge in [-0.3, -0.25) is 29.0 Å². The molecule has 0 bridgehead atoms. The fourth-order valence-corrected chi connectivity index (χ4v) is 5.17. The zero-order valence-electron chi connectivity index (χ0n) is 23.1. The molecule has 0 spiro atoms. The highest BCUT2D eigenvalue weighted by molar-refractivity contribution is 6.23. The Morgan fingerprint density at radius 3 is 1.34 bits per heavy atom. The van der Waals surface area contributed by atoms with Gasteiger partial charge < -0.3 is 9.47 Å². The lowest BCUT2D eigenvalue weighted by molar-refractivity contribution is 0.0656. The number of hydrogen-bond acceptors (Lipinski definition) is 8. The molecule has 0 radical (unpaired) electrons. The number of carbonyl (C=O) groups excluding carboxylic acids is 6. The lowest BCUT2D eigenvalue weighted by atomic mass is 10.1. The van der Waals surface area contributed by atoms with Crippen molar-refractivity contribution in [2.75, 3.05) is 13.1 Å². The zero-order valence-corrected chi connectivity index (χ0v) is 23.1. The van der Waals surface area contributed by atoms with Crippen LogP contribution < -0.4 is 9.47 Å². The van der Waals surface area contributed by atoms with E-state index in [2.05, 4.69) is 13.2 Å². The van der Waals surface area contributed by atoms with E-state index in [-0.39, 0.29) is 58.0 Å². The number of hydrogen-bond donors (Lipinski definition) is 0. The van der Waals surface area contributed by atoms with Crippen molar-refractivity contribution in [2.24, 2.45) is 0 Å². The average molecular weight is 587 g/mol. The fraction of sp³-hybridized carbons (Fsp3) is 0.0588. The van der Waals surface area contributed by atoms with Gasteiger partial charge in [-0.2, -0.15) is 0 Å². The molecule has 10 heteroatoms. The Hall–Kier alpha value is -6.16. The number of fused-ring (bicyclic) bond motifs is 3. The Balaban J connectivity index is 1.24. The first-order chi connectivity index (χ1) is 21.2. The van der Waals surface area contributed by atoms with Crippen molar-refractivity contribution in [3.63, 3.8) is 0 Å². The normalized spacial score (nSPS) is 13.6. The van der Waals surface area contributed by atoms with Gasteiger partial charge in [-0.05, 0) is 48.5 Å². The molecule has 4 aromatic rings. The van der Waals surface area contributed by atoms with Crippen LogP contribution in [0.3, 0.4) is 0 Å². The number of carbonyl (C=O) groups is 6. The van der Waals surface area contributed by atoms with Crippen LogP contribution in [0.2, 0.25) is 0 Å². The van der Waals surface area contributed by atoms with Crippen LogP contribution in [0.15, 0.2) is 98.1 Å². The molecule has 4 aromatic carbocycles. The van der Waals surface area contributed by atoms with E-state index in [1.54, 1.807) is 36.4 Å². The summed E-state index contributed by atoms with van der Waals surface area (Å²) in [4.78, 5) is 78.7. The molecule has 0 unspecified atom stereocenters. The van der Waals surface area contributed by atoms with Crippen LogP contribution in [-0.2, 0) is 0 Å². The predicted octanol–water partition coefficient (Wildman–Crippen LogP) is 4.84. The standard InChI is InChI=1S/C34H22N2O8/c1-3-15-35-29(37)23-13-11-19(17-25(23)31(35)39)33(41)43-27-9-5-8-22-21(27)7-6-10-28(22)44-34(42)20-12-14-24-26(18-20)32(40)36(16-4-2)30(24)38/h3-14,17-18H,1-2,15-16H2. The summed E-state index contributed by atoms with van der Waals surface area (Å²) in [6.45, 7) is 7.22. The predicted molar refractivity (Wildman–Crippen MR) is 158 cm³/mol. The van der Waals surface area contributed by atoms with E-state index in [9.17, 15) is 28.8 Å². The Kier molecular flexibility index (Phi) is 6.94. The first kappa shape index (κ1) is 28.0. The largest absolute Gasteiger partial charge is 0.422 e. The van der Waals surface area contributed by atoms with Gasteiger partial charge in [-0.25, -0.2) is 9.59 Å². The summed E-state index contributed by atoms with van der Waals surface area (Å²) in [6, 6.07) is 18.0. The second kappa shape index (κ2) is 10.9. The van der Waals surface area contributed by atoms with Gasteiger partial charge in [0, 0.05) is 23.9 Å². The zero-order chi connectivity index (χ0) is 31.1. The van der Waals surface area contributed by atoms with Crippen LogP contribution in [0.1, 0.15) is 62.1 Å². The van der Waals surface area contributed by atoms with Gasteiger partial charge in [0.15, 0.2) is 0 Å². The molecule has 0 aromatic heterocycles. The number of amides is 4. The quantitative estimate of drug-likeness (QED) is 0.124. The van der Waals surface area contributed by atoms with E-state index in [0.717, 1.165) is 9.80 Å². The van der Waals surface area contributed by atoms with E-state index in [1.165, 1.54) is 48.6 Å². The van der Waals surface area contributed by atoms with Gasteiger partial charge in [0.25, 0.3) is 23.6 Å². The monoisotopic (exact) mass is 586 g/mol. The summed E-state index contributed by atoms with van der Waals surface area (Å²) in [5, 5.41) is 0.927. The molecule has 0 saturated carbocycles. The van der Waals surface area contributed by atoms with Crippen molar-refractivity contribution in [3.05, 3.63) is 131 Å². The van der Waals surface area contributed by atoms with Crippen LogP contribution in [0.25, 0.3) is 10.8 Å². The highest BCUT2D eigenvalue weighted by Gasteiger charge is 2.36. The summed E-state index contributed by atoms with van der Waals surface area (Å²) in [5.74, 6) is -3.14. The first-order valence-electron chi connectivity index (χ1n) is 13.4. The number of esters is 2. The molecule has 6 rings (SSSR count). The molecule has 2 aliphatic heterocycles. The second-order valence-corrected chi connectivity index (χ2v) is 9.93. The third-order valence-electron chi connectivity index (χ3n) is 7.28. The highest BCUT2D eigenvalue weighted by Crippen LogP contribution is 2.34. The third-order valence-corrected chi connectivity index (χ3v) is 7.28. The van der Waals surface area contributed by atoms with E-state index in [4.69, 9.17) is 9.47 Å². The van der Waals surface area contributed by atoms with Crippen molar-refractivity contribution < 1.29 is 38.2 Å². The van der Waals surface area contributed by atoms with Crippen LogP contribution in [-0.4, -0.2) is 58.5 Å². The molecule has 10 nitrogen and oxygen atoms in total. The number of nitrogens with zero attached hydrogens (tertiary/aromatic N) is 2. The summed E-state index contributed by atoms with van der Waals surface area (Å²) in [7, 11) is 0. The Morgan fingerprint density at radius 2 is 0.955 bits per heavy atom. The van der Waals surface area contributed by atoms with E-state index in [1.807, 2.05) is 0 Å². The van der Waals surface area contributed by atoms with E-state index >= 15 is 0 Å². The third kappa shape index (κ3) is 4.54. The maximum absolute atomic E-state index is 13.1. The molecule has 0 saturated heterocycles. The van der Waals surface area contributed by atoms with Gasteiger partial charge in [0.2, 0.25) is 0 Å². The summed E-state index contributed by atoms with van der Waals surface area (Å²) in [6.07, 6.45) is 2.88. The maximum Gasteiger partial charge on any atom is 0.343 e. The SMILES string of the molecule is C=CCN1C(=O)c2ccc(C(=O)Oc3cccc4c(OC(=O)c5ccc6c(c5)C(=O)N(CC=C)C6=O)cccc34)cc2C1=O. The molecule has 4 amide bonds. The summed E-state index contributed by atoms with van der Waals surface area (Å²) < 4.78 is 11.3. The average Bonchev–Trinajstić information content (AvgIpc) is 3.41. The minimum atomic E-state index is -0.757. The summed E-state index contributed by atoms with van der Waals surface area (Å²) in [5.41, 5.74) is 0.730. The number of rotatable bonds is 8. The van der Waals surface area contributed by atoms with Crippen LogP contribution in [0.5, 0.6) is 11.5 Å². The van der Waals surface area contributed by atoms with E-state index < -0.39 is 35.6 Å². The molecule has 0 fully saturated rings. The maximum atomic E-state index is 13.1. The molecular formula is C34H22N2O8. The minimum absolute atomic E-state index is 0.0493. The smallest absolute Gasteiger partial charge is 0.343 e. The Morgan fingerprint density at radius 1 is 0.568 bits per heavy atom. The second-order valence-electron chi connectivity index (χ2n) is 9.93. The van der Waals surface area contributed by atoms with E-state index in [0.29, 0.717) is 10.8 Å². The highest BCUT2D eigenvalue weighted by atomic mass is 16.5. The van der Waals surface area contributed by atoms with Crippen molar-refractivity contribution in [1.82, 2.24) is 9.80 Å². The Labute approximate surface area is 250 Å². The Bertz CT molecular complexity index is 1850. The first-order valence-corrected chi connectivity index (χ1v) is 13.4. The van der Waals surface area contributed by atoms with Gasteiger partial charge in [-0.1, -0.05) is 36.4 Å². The molecule has 0 N–H and O–H groups in total. The topological polar surface area (TPSA) is 127 Å². The number of ether oxygens (including phenoxy) is 2. The number of imide groups is 2. The molecule has 2 aliphatic rings. The van der Waals surface area contributed by atoms with Crippen molar-refractivity contribution in [1.29, 1.82) is 0 Å². The van der Waals surface area contributed by atoms with Gasteiger partial charge >= 0.3 is 11.9 Å². The number of benzene rings is 4. The van der Waals surface area contributed by atoms with Crippen molar-refractivity contribution in [3.8, 4) is 11.5 Å². The lowest BCUT2D eigenvalue weighted by Crippen LogP contribution is -2.29. The fourth-order valence-electron chi connectivity index (χ4n) is 5.17.